The molecule has 1 N–H and O–H groups in total. The van der Waals surface area contributed by atoms with E-state index < -0.39 is 0 Å². The van der Waals surface area contributed by atoms with Crippen LogP contribution in [0, 0.1) is 19.8 Å². The second-order valence-corrected chi connectivity index (χ2v) is 5.59. The van der Waals surface area contributed by atoms with Crippen LogP contribution in [-0.2, 0) is 13.0 Å². The normalized spacial score (nSPS) is 19.6. The summed E-state index contributed by atoms with van der Waals surface area (Å²) in [5.74, 6) is 1.92. The summed E-state index contributed by atoms with van der Waals surface area (Å²) in [5.41, 5.74) is 3.64. The monoisotopic (exact) mass is 231 g/mol. The zero-order valence-electron chi connectivity index (χ0n) is 10.8. The minimum Gasteiger partial charge on any atom is -0.310 e. The molecule has 0 aliphatic heterocycles. The lowest BCUT2D eigenvalue weighted by Crippen LogP contribution is -2.18. The Hall–Kier alpha value is -0.960. The highest BCUT2D eigenvalue weighted by atomic mass is 15.0. The summed E-state index contributed by atoms with van der Waals surface area (Å²) in [6.45, 7) is 5.18. The minimum atomic E-state index is 0.750. The molecule has 0 amide bonds. The van der Waals surface area contributed by atoms with Crippen LogP contribution in [0.5, 0.6) is 0 Å². The number of hydrogen-bond donors (Lipinski definition) is 1. The Kier molecular flexibility index (Phi) is 2.87. The van der Waals surface area contributed by atoms with Crippen molar-refractivity contribution >= 4 is 0 Å². The fraction of sp³-hybridized carbons (Fsp3) is 0.714. The maximum atomic E-state index is 4.66. The smallest absolute Gasteiger partial charge is 0.129 e. The molecule has 0 bridgehead atoms. The van der Waals surface area contributed by atoms with Crippen molar-refractivity contribution in [3.05, 3.63) is 22.8 Å². The van der Waals surface area contributed by atoms with Crippen LogP contribution in [0.15, 0.2) is 0 Å². The fourth-order valence-electron chi connectivity index (χ4n) is 2.27. The zero-order chi connectivity index (χ0) is 11.8. The van der Waals surface area contributed by atoms with Crippen LogP contribution >= 0.6 is 0 Å². The second-order valence-electron chi connectivity index (χ2n) is 5.59. The lowest BCUT2D eigenvalue weighted by atomic mass is 10.1. The molecular formula is C14H21N3. The number of aryl methyl sites for hydroxylation is 2. The van der Waals surface area contributed by atoms with E-state index in [1.807, 2.05) is 0 Å². The molecule has 92 valence electrons. The number of hydrogen-bond acceptors (Lipinski definition) is 3. The van der Waals surface area contributed by atoms with E-state index in [0.717, 1.165) is 30.7 Å². The van der Waals surface area contributed by atoms with E-state index in [1.54, 1.807) is 0 Å². The van der Waals surface area contributed by atoms with Crippen molar-refractivity contribution in [2.75, 3.05) is 0 Å². The Labute approximate surface area is 103 Å². The van der Waals surface area contributed by atoms with Crippen molar-refractivity contribution in [2.24, 2.45) is 5.92 Å². The van der Waals surface area contributed by atoms with Gasteiger partial charge in [0.05, 0.1) is 0 Å². The molecule has 3 rings (SSSR count). The third kappa shape index (κ3) is 2.83. The van der Waals surface area contributed by atoms with Gasteiger partial charge in [-0.3, -0.25) is 0 Å². The first-order chi connectivity index (χ1) is 8.22. The number of nitrogens with one attached hydrogen (secondary N) is 1. The molecule has 0 saturated heterocycles. The van der Waals surface area contributed by atoms with E-state index in [-0.39, 0.29) is 0 Å². The van der Waals surface area contributed by atoms with Crippen molar-refractivity contribution in [3.63, 3.8) is 0 Å². The molecule has 3 nitrogen and oxygen atoms in total. The van der Waals surface area contributed by atoms with Crippen LogP contribution in [0.25, 0.3) is 0 Å². The first-order valence-corrected chi connectivity index (χ1v) is 6.79. The maximum Gasteiger partial charge on any atom is 0.129 e. The van der Waals surface area contributed by atoms with Gasteiger partial charge in [-0.2, -0.15) is 0 Å². The van der Waals surface area contributed by atoms with Crippen molar-refractivity contribution < 1.29 is 0 Å². The minimum absolute atomic E-state index is 0.750. The van der Waals surface area contributed by atoms with Crippen LogP contribution in [0.2, 0.25) is 0 Å². The maximum absolute atomic E-state index is 4.66. The third-order valence-electron chi connectivity index (χ3n) is 3.78. The van der Waals surface area contributed by atoms with Gasteiger partial charge in [-0.15, -0.1) is 0 Å². The van der Waals surface area contributed by atoms with E-state index in [0.29, 0.717) is 0 Å². The number of rotatable bonds is 5. The van der Waals surface area contributed by atoms with E-state index >= 15 is 0 Å². The molecule has 2 aliphatic carbocycles. The van der Waals surface area contributed by atoms with Crippen LogP contribution in [-0.4, -0.2) is 16.0 Å². The summed E-state index contributed by atoms with van der Waals surface area (Å²) >= 11 is 0. The summed E-state index contributed by atoms with van der Waals surface area (Å²) in [6, 6.07) is 0.750. The molecule has 1 heterocycles. The highest BCUT2D eigenvalue weighted by Crippen LogP contribution is 2.32. The molecule has 0 atom stereocenters. The van der Waals surface area contributed by atoms with Crippen molar-refractivity contribution in [2.45, 2.75) is 58.5 Å². The van der Waals surface area contributed by atoms with Crippen molar-refractivity contribution in [3.8, 4) is 0 Å². The largest absolute Gasteiger partial charge is 0.310 e. The predicted octanol–water partition coefficient (Wildman–Crippen LogP) is 2.30. The van der Waals surface area contributed by atoms with Crippen molar-refractivity contribution in [1.82, 2.24) is 15.3 Å². The second kappa shape index (κ2) is 4.37. The summed E-state index contributed by atoms with van der Waals surface area (Å²) in [4.78, 5) is 9.32. The lowest BCUT2D eigenvalue weighted by Gasteiger charge is -2.11. The molecule has 0 spiro atoms. The SMILES string of the molecule is Cc1nc(CC2CC2)nc(C)c1CNC1CC1. The van der Waals surface area contributed by atoms with Gasteiger partial charge in [0.1, 0.15) is 5.82 Å². The molecule has 1 aromatic rings. The number of aromatic nitrogens is 2. The molecule has 1 aromatic heterocycles. The van der Waals surface area contributed by atoms with E-state index in [2.05, 4.69) is 29.1 Å². The summed E-state index contributed by atoms with van der Waals surface area (Å²) < 4.78 is 0. The van der Waals surface area contributed by atoms with Gasteiger partial charge >= 0.3 is 0 Å². The van der Waals surface area contributed by atoms with Crippen LogP contribution in [0.3, 0.4) is 0 Å². The summed E-state index contributed by atoms with van der Waals surface area (Å²) in [5, 5.41) is 3.55. The first-order valence-electron chi connectivity index (χ1n) is 6.79. The highest BCUT2D eigenvalue weighted by Gasteiger charge is 2.24. The average molecular weight is 231 g/mol. The molecule has 0 unspecified atom stereocenters. The zero-order valence-corrected chi connectivity index (χ0v) is 10.8. The molecule has 2 aliphatic rings. The summed E-state index contributed by atoms with van der Waals surface area (Å²) in [7, 11) is 0. The molecule has 3 heteroatoms. The van der Waals surface area contributed by atoms with E-state index in [1.165, 1.54) is 42.6 Å². The van der Waals surface area contributed by atoms with Gasteiger partial charge in [-0.25, -0.2) is 9.97 Å². The molecule has 17 heavy (non-hydrogen) atoms. The standard InChI is InChI=1S/C14H21N3/c1-9-13(8-15-12-5-6-12)10(2)17-14(16-9)7-11-3-4-11/h11-12,15H,3-8H2,1-2H3. The topological polar surface area (TPSA) is 37.8 Å². The van der Waals surface area contributed by atoms with Gasteiger partial charge in [0.25, 0.3) is 0 Å². The van der Waals surface area contributed by atoms with Gasteiger partial charge < -0.3 is 5.32 Å². The Balaban J connectivity index is 1.72. The fourth-order valence-corrected chi connectivity index (χ4v) is 2.27. The van der Waals surface area contributed by atoms with Crippen LogP contribution in [0.4, 0.5) is 0 Å². The van der Waals surface area contributed by atoms with Crippen LogP contribution in [0.1, 0.15) is 48.5 Å². The molecule has 2 fully saturated rings. The Morgan fingerprint density at radius 3 is 2.24 bits per heavy atom. The lowest BCUT2D eigenvalue weighted by molar-refractivity contribution is 0.667. The van der Waals surface area contributed by atoms with Gasteiger partial charge in [0, 0.05) is 36.0 Å². The van der Waals surface area contributed by atoms with Gasteiger partial charge in [-0.1, -0.05) is 0 Å². The highest BCUT2D eigenvalue weighted by molar-refractivity contribution is 5.24. The van der Waals surface area contributed by atoms with Crippen molar-refractivity contribution in [1.29, 1.82) is 0 Å². The molecule has 0 radical (unpaired) electrons. The van der Waals surface area contributed by atoms with Gasteiger partial charge in [-0.05, 0) is 45.4 Å². The van der Waals surface area contributed by atoms with Gasteiger partial charge in [0.2, 0.25) is 0 Å². The average Bonchev–Trinajstić information content (AvgIpc) is 3.10. The molecular weight excluding hydrogens is 210 g/mol. The quantitative estimate of drug-likeness (QED) is 0.845. The summed E-state index contributed by atoms with van der Waals surface area (Å²) in [6.07, 6.45) is 6.48. The Bertz CT molecular complexity index is 396. The molecule has 0 aromatic carbocycles. The number of nitrogens with zero attached hydrogens (tertiary/aromatic N) is 2. The van der Waals surface area contributed by atoms with Gasteiger partial charge in [0.15, 0.2) is 0 Å². The Morgan fingerprint density at radius 1 is 1.06 bits per heavy atom. The third-order valence-corrected chi connectivity index (χ3v) is 3.78. The predicted molar refractivity (Wildman–Crippen MR) is 67.8 cm³/mol. The molecule has 2 saturated carbocycles. The Morgan fingerprint density at radius 2 is 1.71 bits per heavy atom. The van der Waals surface area contributed by atoms with Crippen LogP contribution < -0.4 is 5.32 Å². The van der Waals surface area contributed by atoms with E-state index in [9.17, 15) is 0 Å². The first kappa shape index (κ1) is 11.1. The van der Waals surface area contributed by atoms with E-state index in [4.69, 9.17) is 0 Å².